The number of furan rings is 1. The van der Waals surface area contributed by atoms with Crippen molar-refractivity contribution in [3.63, 3.8) is 0 Å². The summed E-state index contributed by atoms with van der Waals surface area (Å²) in [5.41, 5.74) is -0.386. The SMILES string of the molecule is O=C(O)c1cccnc1OC(F)F.O=C(O)c1ccco1. The van der Waals surface area contributed by atoms with Gasteiger partial charge in [-0.2, -0.15) is 8.78 Å². The monoisotopic (exact) mass is 301 g/mol. The average Bonchev–Trinajstić information content (AvgIpc) is 2.93. The van der Waals surface area contributed by atoms with Gasteiger partial charge in [-0.3, -0.25) is 0 Å². The number of pyridine rings is 1. The standard InChI is InChI=1S/C7H5F2NO3.C5H4O3/c8-7(9)13-5-4(6(11)12)2-1-3-10-5;6-5(7)4-2-1-3-8-4/h1-3,7H,(H,11,12);1-3H,(H,6,7). The van der Waals surface area contributed by atoms with E-state index < -0.39 is 24.4 Å². The summed E-state index contributed by atoms with van der Waals surface area (Å²) < 4.78 is 31.8. The normalized spacial score (nSPS) is 9.67. The van der Waals surface area contributed by atoms with E-state index in [-0.39, 0.29) is 11.3 Å². The predicted octanol–water partition coefficient (Wildman–Crippen LogP) is 2.36. The number of hydrogen-bond donors (Lipinski definition) is 2. The van der Waals surface area contributed by atoms with Crippen LogP contribution in [0.3, 0.4) is 0 Å². The molecule has 2 aromatic heterocycles. The van der Waals surface area contributed by atoms with Crippen LogP contribution in [0.15, 0.2) is 41.1 Å². The van der Waals surface area contributed by atoms with Gasteiger partial charge >= 0.3 is 18.6 Å². The molecule has 2 rings (SSSR count). The Labute approximate surface area is 116 Å². The minimum absolute atomic E-state index is 0.0231. The van der Waals surface area contributed by atoms with Gasteiger partial charge in [0, 0.05) is 6.20 Å². The number of hydrogen-bond acceptors (Lipinski definition) is 5. The number of ether oxygens (including phenoxy) is 1. The first-order chi connectivity index (χ1) is 9.91. The van der Waals surface area contributed by atoms with Crippen molar-refractivity contribution in [1.29, 1.82) is 0 Å². The zero-order valence-corrected chi connectivity index (χ0v) is 10.3. The number of alkyl halides is 2. The summed E-state index contributed by atoms with van der Waals surface area (Å²) in [6.45, 7) is -3.08. The Morgan fingerprint density at radius 3 is 2.33 bits per heavy atom. The highest BCUT2D eigenvalue weighted by atomic mass is 19.3. The summed E-state index contributed by atoms with van der Waals surface area (Å²) >= 11 is 0. The quantitative estimate of drug-likeness (QED) is 0.891. The molecule has 0 aliphatic carbocycles. The third kappa shape index (κ3) is 5.27. The highest BCUT2D eigenvalue weighted by Crippen LogP contribution is 2.16. The molecule has 0 amide bonds. The molecule has 0 fully saturated rings. The van der Waals surface area contributed by atoms with E-state index >= 15 is 0 Å². The zero-order chi connectivity index (χ0) is 15.8. The third-order valence-corrected chi connectivity index (χ3v) is 1.93. The van der Waals surface area contributed by atoms with Gasteiger partial charge in [0.2, 0.25) is 11.6 Å². The molecule has 0 unspecified atom stereocenters. The van der Waals surface area contributed by atoms with E-state index in [1.54, 1.807) is 0 Å². The van der Waals surface area contributed by atoms with Crippen LogP contribution in [0.2, 0.25) is 0 Å². The molecule has 0 radical (unpaired) electrons. The third-order valence-electron chi connectivity index (χ3n) is 1.93. The maximum absolute atomic E-state index is 11.7. The Morgan fingerprint density at radius 2 is 1.90 bits per heavy atom. The van der Waals surface area contributed by atoms with Crippen molar-refractivity contribution in [3.05, 3.63) is 48.0 Å². The van der Waals surface area contributed by atoms with E-state index in [1.807, 2.05) is 0 Å². The van der Waals surface area contributed by atoms with E-state index in [4.69, 9.17) is 10.2 Å². The van der Waals surface area contributed by atoms with Crippen LogP contribution in [0, 0.1) is 0 Å². The number of aromatic carboxylic acids is 2. The topological polar surface area (TPSA) is 110 Å². The van der Waals surface area contributed by atoms with Crippen molar-refractivity contribution in [1.82, 2.24) is 4.98 Å². The summed E-state index contributed by atoms with van der Waals surface area (Å²) in [5.74, 6) is -2.99. The fraction of sp³-hybridized carbons (Fsp3) is 0.0833. The molecule has 0 aliphatic rings. The number of nitrogens with zero attached hydrogens (tertiary/aromatic N) is 1. The molecule has 0 spiro atoms. The van der Waals surface area contributed by atoms with Crippen LogP contribution in [-0.2, 0) is 0 Å². The minimum atomic E-state index is -3.08. The molecule has 0 bridgehead atoms. The number of carboxylic acid groups (broad SMARTS) is 2. The summed E-state index contributed by atoms with van der Waals surface area (Å²) in [5, 5.41) is 16.7. The summed E-state index contributed by atoms with van der Waals surface area (Å²) in [6.07, 6.45) is 2.49. The van der Waals surface area contributed by atoms with Crippen LogP contribution in [0.1, 0.15) is 20.9 Å². The minimum Gasteiger partial charge on any atom is -0.477 e. The maximum Gasteiger partial charge on any atom is 0.388 e. The van der Waals surface area contributed by atoms with Crippen LogP contribution in [0.4, 0.5) is 8.78 Å². The maximum atomic E-state index is 11.7. The van der Waals surface area contributed by atoms with Gasteiger partial charge in [-0.05, 0) is 24.3 Å². The van der Waals surface area contributed by atoms with Crippen molar-refractivity contribution >= 4 is 11.9 Å². The molecule has 0 aromatic carbocycles. The van der Waals surface area contributed by atoms with Crippen molar-refractivity contribution in [3.8, 4) is 5.88 Å². The van der Waals surface area contributed by atoms with Crippen molar-refractivity contribution < 1.29 is 37.7 Å². The lowest BCUT2D eigenvalue weighted by Gasteiger charge is -2.04. The Morgan fingerprint density at radius 1 is 1.19 bits per heavy atom. The Hall–Kier alpha value is -2.97. The van der Waals surface area contributed by atoms with Gasteiger partial charge in [-0.1, -0.05) is 0 Å². The fourth-order valence-electron chi connectivity index (χ4n) is 1.13. The number of rotatable bonds is 4. The lowest BCUT2D eigenvalue weighted by atomic mass is 10.3. The Kier molecular flexibility index (Phi) is 5.80. The van der Waals surface area contributed by atoms with Gasteiger partial charge in [0.1, 0.15) is 5.56 Å². The number of carbonyl (C=O) groups is 2. The number of aromatic nitrogens is 1. The molecule has 9 heteroatoms. The van der Waals surface area contributed by atoms with Gasteiger partial charge in [0.25, 0.3) is 0 Å². The molecule has 0 saturated heterocycles. The second-order valence-electron chi connectivity index (χ2n) is 3.32. The lowest BCUT2D eigenvalue weighted by Crippen LogP contribution is -2.08. The molecule has 21 heavy (non-hydrogen) atoms. The molecule has 0 atom stereocenters. The van der Waals surface area contributed by atoms with Crippen LogP contribution in [0.25, 0.3) is 0 Å². The first-order valence-corrected chi connectivity index (χ1v) is 5.31. The second kappa shape index (κ2) is 7.58. The molecule has 0 saturated carbocycles. The van der Waals surface area contributed by atoms with Gasteiger partial charge in [-0.15, -0.1) is 0 Å². The Bertz CT molecular complexity index is 600. The van der Waals surface area contributed by atoms with E-state index in [1.165, 1.54) is 30.7 Å². The molecule has 2 aromatic rings. The molecular weight excluding hydrogens is 292 g/mol. The highest BCUT2D eigenvalue weighted by Gasteiger charge is 2.15. The van der Waals surface area contributed by atoms with E-state index in [2.05, 4.69) is 14.1 Å². The molecule has 112 valence electrons. The summed E-state index contributed by atoms with van der Waals surface area (Å²) in [7, 11) is 0. The van der Waals surface area contributed by atoms with E-state index in [0.29, 0.717) is 0 Å². The van der Waals surface area contributed by atoms with Crippen LogP contribution < -0.4 is 4.74 Å². The van der Waals surface area contributed by atoms with Crippen LogP contribution >= 0.6 is 0 Å². The second-order valence-corrected chi connectivity index (χ2v) is 3.32. The lowest BCUT2D eigenvalue weighted by molar-refractivity contribution is -0.0533. The fourth-order valence-corrected chi connectivity index (χ4v) is 1.13. The predicted molar refractivity (Wildman–Crippen MR) is 63.5 cm³/mol. The largest absolute Gasteiger partial charge is 0.477 e. The van der Waals surface area contributed by atoms with Gasteiger partial charge in [0.05, 0.1) is 6.26 Å². The molecule has 2 N–H and O–H groups in total. The Balaban J connectivity index is 0.000000235. The summed E-state index contributed by atoms with van der Waals surface area (Å²) in [4.78, 5) is 23.8. The zero-order valence-electron chi connectivity index (χ0n) is 10.3. The molecule has 7 nitrogen and oxygen atoms in total. The molecular formula is C12H9F2NO6. The number of carboxylic acids is 2. The number of halogens is 2. The first-order valence-electron chi connectivity index (χ1n) is 5.31. The van der Waals surface area contributed by atoms with Gasteiger partial charge in [-0.25, -0.2) is 14.6 Å². The van der Waals surface area contributed by atoms with Crippen molar-refractivity contribution in [2.24, 2.45) is 0 Å². The molecule has 2 heterocycles. The van der Waals surface area contributed by atoms with Crippen LogP contribution in [0.5, 0.6) is 5.88 Å². The van der Waals surface area contributed by atoms with Gasteiger partial charge in [0.15, 0.2) is 0 Å². The van der Waals surface area contributed by atoms with Crippen molar-refractivity contribution in [2.45, 2.75) is 6.61 Å². The van der Waals surface area contributed by atoms with Crippen molar-refractivity contribution in [2.75, 3.05) is 0 Å². The van der Waals surface area contributed by atoms with Crippen LogP contribution in [-0.4, -0.2) is 33.7 Å². The first kappa shape index (κ1) is 16.1. The molecule has 0 aliphatic heterocycles. The summed E-state index contributed by atoms with van der Waals surface area (Å²) in [6, 6.07) is 5.38. The van der Waals surface area contributed by atoms with E-state index in [9.17, 15) is 18.4 Å². The van der Waals surface area contributed by atoms with Gasteiger partial charge < -0.3 is 19.4 Å². The smallest absolute Gasteiger partial charge is 0.388 e. The highest BCUT2D eigenvalue weighted by molar-refractivity contribution is 5.90. The average molecular weight is 301 g/mol. The van der Waals surface area contributed by atoms with E-state index in [0.717, 1.165) is 6.07 Å².